The molecule has 0 radical (unpaired) electrons. The Bertz CT molecular complexity index is 4180. The van der Waals surface area contributed by atoms with Crippen molar-refractivity contribution in [2.24, 2.45) is 11.8 Å². The van der Waals surface area contributed by atoms with Crippen LogP contribution < -0.4 is 0 Å². The number of carboxylic acid groups (broad SMARTS) is 6. The van der Waals surface area contributed by atoms with Crippen LogP contribution >= 0.6 is 117 Å². The zero-order valence-electron chi connectivity index (χ0n) is 73.3. The first-order valence-corrected chi connectivity index (χ1v) is 53.3. The number of aromatic nitrogens is 2. The van der Waals surface area contributed by atoms with Crippen LogP contribution in [-0.2, 0) is 64.8 Å². The molecule has 1 aliphatic heterocycles. The SMILES string of the molecule is C[C-]1CCCC1.C[C-]1CCCC1.C[C-]1CCCC1CSCCC(CCCCC(=O)O)SCC1CCC[C-]1C.O=C(O)CCCCC(CCSCc1ccc(C(=O)O)cc1)SCc1ccc(C(=O)O)cc1.O=C(O)CCCCC(CCSc1ccnc2cc(Cl)ccc12)Sc1ccnc2cc(Cl)ccc12.O=C(O)CCCCC1CCSC(c2ccccc2)S1.[Fe+2].[Fe+2]. The predicted octanol–water partition coefficient (Wildman–Crippen LogP) is 29.6. The Balaban J connectivity index is 0.000000285. The number of carboxylic acids is 6. The van der Waals surface area contributed by atoms with Crippen molar-refractivity contribution >= 4 is 175 Å². The van der Waals surface area contributed by atoms with E-state index in [0.29, 0.717) is 56.1 Å². The minimum atomic E-state index is -0.935. The molecular formula is C99H132Cl2Fe2N2O12S8. The fraction of sp³-hybridized carbons (Fsp3) is 0.535. The average Bonchev–Trinajstić information content (AvgIpc) is 1.41. The van der Waals surface area contributed by atoms with E-state index < -0.39 is 35.8 Å². The first-order valence-electron chi connectivity index (χ1n) is 44.3. The summed E-state index contributed by atoms with van der Waals surface area (Å²) in [7, 11) is 0. The van der Waals surface area contributed by atoms with Crippen LogP contribution in [0.15, 0.2) is 150 Å². The van der Waals surface area contributed by atoms with Crippen LogP contribution in [0.5, 0.6) is 0 Å². The third kappa shape index (κ3) is 47.4. The maximum atomic E-state index is 11.0. The summed E-state index contributed by atoms with van der Waals surface area (Å²) < 4.78 is 0.555. The van der Waals surface area contributed by atoms with E-state index in [9.17, 15) is 28.8 Å². The third-order valence-electron chi connectivity index (χ3n) is 22.8. The summed E-state index contributed by atoms with van der Waals surface area (Å²) in [6.45, 7) is 9.20. The van der Waals surface area contributed by atoms with Crippen LogP contribution in [0.3, 0.4) is 0 Å². The van der Waals surface area contributed by atoms with Gasteiger partial charge in [-0.25, -0.2) is 9.59 Å². The zero-order valence-corrected chi connectivity index (χ0v) is 83.5. The summed E-state index contributed by atoms with van der Waals surface area (Å²) in [4.78, 5) is 76.1. The van der Waals surface area contributed by atoms with Crippen LogP contribution in [0.1, 0.15) is 288 Å². The van der Waals surface area contributed by atoms with Crippen molar-refractivity contribution in [1.29, 1.82) is 0 Å². The molecule has 4 aliphatic carbocycles. The average molecular weight is 1980 g/mol. The monoisotopic (exact) mass is 1980 g/mol. The fourth-order valence-electron chi connectivity index (χ4n) is 15.3. The van der Waals surface area contributed by atoms with E-state index in [1.807, 2.05) is 120 Å². The molecule has 6 N–H and O–H groups in total. The van der Waals surface area contributed by atoms with Gasteiger partial charge >= 0.3 is 70.0 Å². The molecule has 7 aromatic rings. The maximum Gasteiger partial charge on any atom is 2.00 e. The van der Waals surface area contributed by atoms with Crippen LogP contribution in [0.25, 0.3) is 21.8 Å². The van der Waals surface area contributed by atoms with Gasteiger partial charge in [-0.15, -0.1) is 47.0 Å². The minimum absolute atomic E-state index is 0. The van der Waals surface area contributed by atoms with Gasteiger partial charge < -0.3 is 54.3 Å². The molecule has 5 aromatic carbocycles. The van der Waals surface area contributed by atoms with E-state index in [2.05, 4.69) is 115 Å². The summed E-state index contributed by atoms with van der Waals surface area (Å²) in [5, 5.41) is 59.0. The molecule has 14 nitrogen and oxygen atoms in total. The molecule has 5 fully saturated rings. The largest absolute Gasteiger partial charge is 2.00 e. The van der Waals surface area contributed by atoms with E-state index in [-0.39, 0.29) is 58.1 Å². The van der Waals surface area contributed by atoms with Gasteiger partial charge in [0.2, 0.25) is 0 Å². The van der Waals surface area contributed by atoms with Crippen LogP contribution in [0.4, 0.5) is 0 Å². The number of nitrogens with zero attached hydrogens (tertiary/aromatic N) is 2. The minimum Gasteiger partial charge on any atom is -0.481 e. The first kappa shape index (κ1) is 112. The summed E-state index contributed by atoms with van der Waals surface area (Å²) in [5.74, 6) is 12.5. The number of fused-ring (bicyclic) bond motifs is 2. The summed E-state index contributed by atoms with van der Waals surface area (Å²) >= 11 is 28.0. The van der Waals surface area contributed by atoms with Gasteiger partial charge in [0.25, 0.3) is 0 Å². The Hall–Kier alpha value is -3.84. The van der Waals surface area contributed by atoms with Crippen molar-refractivity contribution in [3.63, 3.8) is 0 Å². The second-order valence-corrected chi connectivity index (χ2v) is 44.0. The van der Waals surface area contributed by atoms with Gasteiger partial charge in [-0.2, -0.15) is 125 Å². The Morgan fingerprint density at radius 2 is 0.904 bits per heavy atom. The number of aromatic carboxylic acids is 2. The summed E-state index contributed by atoms with van der Waals surface area (Å²) in [6, 6.07) is 40.3. The second kappa shape index (κ2) is 65.7. The van der Waals surface area contributed by atoms with E-state index in [1.54, 1.807) is 59.7 Å². The van der Waals surface area contributed by atoms with E-state index in [4.69, 9.17) is 53.8 Å². The van der Waals surface area contributed by atoms with Crippen LogP contribution in [0.2, 0.25) is 10.0 Å². The standard InChI is InChI=1S/C26H24Cl2N2O2S2.C24H28O6S2.C22H38O2S2.C15H20O2S2.2C6H11.2Fe/c27-17-5-7-20-22(15-17)29-12-9-24(20)33-14-11-19(3-1-2-4-26(31)32)34-25-10-13-30-23-16-18(28)6-8-21(23)25;25-22(26)4-2-1-3-21(32-16-18-7-11-20(12-8-18)24(29)30)13-14-31-15-17-5-9-19(10-6-17)23(27)28;1-17-7-5-9-19(17)15-25-14-13-21(11-3-4-12-22(23)24)26-16-20-10-6-8-18(20)2;16-14(17)9-5-4-8-13-10-11-18-15(19-13)12-6-2-1-3-7-12;2*1-6-4-2-3-5-6;;/h5-10,12-13,15-16,19H,1-4,11,14H2,(H,31,32);5-12,21H,1-4,13-16H2,(H,25,26)(H,27,28)(H,29,30);19-21H,3-16H2,1-2H3,(H,23,24);1-3,6-7,13,15H,4-5,8-11H2,(H,16,17);2*2-5H2,1H3;;/q;;-2;;2*-1;2*+2. The second-order valence-electron chi connectivity index (χ2n) is 32.8. The predicted molar refractivity (Wildman–Crippen MR) is 529 cm³/mol. The molecule has 7 unspecified atom stereocenters. The number of halogens is 2. The fourth-order valence-corrected chi connectivity index (χ4v) is 27.1. The van der Waals surface area contributed by atoms with Gasteiger partial charge in [0, 0.05) is 101 Å². The number of hydrogen-bond donors (Lipinski definition) is 6. The van der Waals surface area contributed by atoms with E-state index in [0.717, 1.165) is 144 Å². The van der Waals surface area contributed by atoms with Crippen molar-refractivity contribution < 1.29 is 93.5 Å². The molecule has 12 rings (SSSR count). The van der Waals surface area contributed by atoms with Crippen LogP contribution in [-0.4, -0.2) is 132 Å². The Labute approximate surface area is 811 Å². The third-order valence-corrected chi connectivity index (χ3v) is 34.2. The molecule has 26 heteroatoms. The first-order chi connectivity index (χ1) is 59.4. The van der Waals surface area contributed by atoms with Gasteiger partial charge in [0.05, 0.1) is 26.7 Å². The van der Waals surface area contributed by atoms with Gasteiger partial charge in [-0.3, -0.25) is 29.1 Å². The van der Waals surface area contributed by atoms with Gasteiger partial charge in [-0.1, -0.05) is 167 Å². The van der Waals surface area contributed by atoms with Crippen molar-refractivity contribution in [1.82, 2.24) is 9.97 Å². The molecule has 5 aliphatic rings. The Morgan fingerprint density at radius 3 is 1.38 bits per heavy atom. The number of benzene rings is 5. The molecule has 1 saturated heterocycles. The number of thioether (sulfide) groups is 8. The molecule has 3 heterocycles. The summed E-state index contributed by atoms with van der Waals surface area (Å²) in [6.07, 6.45) is 40.0. The van der Waals surface area contributed by atoms with Crippen molar-refractivity contribution in [2.45, 2.75) is 293 Å². The topological polar surface area (TPSA) is 250 Å². The Kier molecular flexibility index (Phi) is 58.7. The van der Waals surface area contributed by atoms with Crippen molar-refractivity contribution in [2.75, 3.05) is 34.5 Å². The quantitative estimate of drug-likeness (QED) is 0.00898. The van der Waals surface area contributed by atoms with E-state index in [1.165, 1.54) is 148 Å². The number of carbonyl (C=O) groups is 6. The number of unbranched alkanes of at least 4 members (excludes halogenated alkanes) is 4. The molecule has 0 bridgehead atoms. The van der Waals surface area contributed by atoms with Crippen LogP contribution in [0, 0.1) is 35.5 Å². The molecule has 4 saturated carbocycles. The van der Waals surface area contributed by atoms with Gasteiger partial charge in [0.1, 0.15) is 0 Å². The smallest absolute Gasteiger partial charge is 0.481 e. The number of aliphatic carboxylic acids is 4. The maximum absolute atomic E-state index is 11.0. The summed E-state index contributed by atoms with van der Waals surface area (Å²) in [5.41, 5.74) is 5.92. The molecule has 2 aromatic heterocycles. The van der Waals surface area contributed by atoms with Crippen molar-refractivity contribution in [3.8, 4) is 0 Å². The molecule has 7 atom stereocenters. The zero-order chi connectivity index (χ0) is 88.4. The molecular weight excluding hydrogens is 1850 g/mol. The molecule has 688 valence electrons. The molecule has 0 spiro atoms. The molecule has 125 heavy (non-hydrogen) atoms. The molecule has 0 amide bonds. The number of hydrogen-bond acceptors (Lipinski definition) is 16. The number of rotatable bonds is 45. The van der Waals surface area contributed by atoms with E-state index >= 15 is 0 Å². The Morgan fingerprint density at radius 1 is 0.456 bits per heavy atom. The number of pyridine rings is 2. The van der Waals surface area contributed by atoms with Gasteiger partial charge in [0.15, 0.2) is 0 Å². The van der Waals surface area contributed by atoms with Gasteiger partial charge in [-0.05, 0) is 189 Å². The van der Waals surface area contributed by atoms with Crippen molar-refractivity contribution in [3.05, 3.63) is 201 Å². The normalized spacial score (nSPS) is 17.7.